The number of aromatic nitrogens is 1. The number of nitrogen functional groups attached to an aromatic ring is 1. The molecule has 2 aromatic rings. The number of carbonyl (C=O) groups excluding carboxylic acids is 1. The number of hydrogen-bond acceptors (Lipinski definition) is 5. The lowest BCUT2D eigenvalue weighted by Gasteiger charge is -2.06. The number of carbonyl (C=O) groups is 1. The molecule has 0 atom stereocenters. The Labute approximate surface area is 115 Å². The summed E-state index contributed by atoms with van der Waals surface area (Å²) < 4.78 is 5.36. The van der Waals surface area contributed by atoms with Crippen molar-refractivity contribution in [2.45, 2.75) is 13.5 Å². The molecule has 1 aromatic carbocycles. The minimum atomic E-state index is -0.188. The Kier molecular flexibility index (Phi) is 4.35. The van der Waals surface area contributed by atoms with Gasteiger partial charge in [-0.05, 0) is 19.1 Å². The molecule has 100 valence electrons. The molecule has 0 aliphatic carbocycles. The highest BCUT2D eigenvalue weighted by Crippen LogP contribution is 2.11. The zero-order valence-corrected chi connectivity index (χ0v) is 11.4. The Morgan fingerprint density at radius 2 is 2.16 bits per heavy atom. The van der Waals surface area contributed by atoms with E-state index in [4.69, 9.17) is 10.5 Å². The van der Waals surface area contributed by atoms with Gasteiger partial charge in [-0.2, -0.15) is 0 Å². The Hall–Kier alpha value is -2.08. The normalized spacial score (nSPS) is 10.2. The SMILES string of the molecule is Cc1ccc(OCC(=O)NCc2csc(N)n2)cc1. The molecule has 2 rings (SSSR count). The molecule has 0 aliphatic heterocycles. The van der Waals surface area contributed by atoms with Gasteiger partial charge >= 0.3 is 0 Å². The summed E-state index contributed by atoms with van der Waals surface area (Å²) in [5.41, 5.74) is 7.41. The fourth-order valence-electron chi connectivity index (χ4n) is 1.43. The second kappa shape index (κ2) is 6.19. The summed E-state index contributed by atoms with van der Waals surface area (Å²) >= 11 is 1.35. The van der Waals surface area contributed by atoms with E-state index in [0.29, 0.717) is 17.4 Å². The Morgan fingerprint density at radius 1 is 1.42 bits per heavy atom. The number of nitrogens with zero attached hydrogens (tertiary/aromatic N) is 1. The maximum atomic E-state index is 11.6. The first-order valence-corrected chi connectivity index (χ1v) is 6.67. The smallest absolute Gasteiger partial charge is 0.258 e. The minimum absolute atomic E-state index is 0.0112. The van der Waals surface area contributed by atoms with Gasteiger partial charge in [0.1, 0.15) is 5.75 Å². The molecular formula is C13H15N3O2S. The van der Waals surface area contributed by atoms with Gasteiger partial charge in [-0.25, -0.2) is 4.98 Å². The van der Waals surface area contributed by atoms with Crippen molar-refractivity contribution in [3.63, 3.8) is 0 Å². The summed E-state index contributed by atoms with van der Waals surface area (Å²) in [6, 6.07) is 7.55. The van der Waals surface area contributed by atoms with Gasteiger partial charge in [0.2, 0.25) is 0 Å². The standard InChI is InChI=1S/C13H15N3O2S/c1-9-2-4-11(5-3-9)18-7-12(17)15-6-10-8-19-13(14)16-10/h2-5,8H,6-7H2,1H3,(H2,14,16)(H,15,17). The van der Waals surface area contributed by atoms with Gasteiger partial charge in [0.05, 0.1) is 12.2 Å². The molecule has 6 heteroatoms. The molecule has 0 bridgehead atoms. The lowest BCUT2D eigenvalue weighted by atomic mass is 10.2. The van der Waals surface area contributed by atoms with E-state index in [2.05, 4.69) is 10.3 Å². The minimum Gasteiger partial charge on any atom is -0.484 e. The van der Waals surface area contributed by atoms with Crippen molar-refractivity contribution in [3.05, 3.63) is 40.9 Å². The molecule has 0 saturated carbocycles. The molecule has 3 N–H and O–H groups in total. The van der Waals surface area contributed by atoms with E-state index in [-0.39, 0.29) is 12.5 Å². The largest absolute Gasteiger partial charge is 0.484 e. The van der Waals surface area contributed by atoms with Crippen LogP contribution in [0, 0.1) is 6.92 Å². The monoisotopic (exact) mass is 277 g/mol. The molecule has 1 heterocycles. The molecule has 0 aliphatic rings. The first-order valence-electron chi connectivity index (χ1n) is 5.79. The van der Waals surface area contributed by atoms with Crippen molar-refractivity contribution in [2.24, 2.45) is 0 Å². The van der Waals surface area contributed by atoms with E-state index in [0.717, 1.165) is 11.3 Å². The molecule has 0 radical (unpaired) electrons. The van der Waals surface area contributed by atoms with Gasteiger partial charge in [-0.3, -0.25) is 4.79 Å². The number of ether oxygens (including phenoxy) is 1. The van der Waals surface area contributed by atoms with Crippen LogP contribution in [0.1, 0.15) is 11.3 Å². The van der Waals surface area contributed by atoms with Gasteiger partial charge in [0, 0.05) is 5.38 Å². The van der Waals surface area contributed by atoms with Crippen molar-refractivity contribution in [1.82, 2.24) is 10.3 Å². The van der Waals surface area contributed by atoms with Crippen LogP contribution < -0.4 is 15.8 Å². The fourth-order valence-corrected chi connectivity index (χ4v) is 1.99. The number of amides is 1. The number of hydrogen-bond donors (Lipinski definition) is 2. The van der Waals surface area contributed by atoms with E-state index in [1.54, 1.807) is 0 Å². The van der Waals surface area contributed by atoms with Crippen LogP contribution in [-0.2, 0) is 11.3 Å². The summed E-state index contributed by atoms with van der Waals surface area (Å²) in [5.74, 6) is 0.491. The van der Waals surface area contributed by atoms with Crippen LogP contribution in [0.5, 0.6) is 5.75 Å². The molecule has 1 amide bonds. The molecule has 0 saturated heterocycles. The summed E-state index contributed by atoms with van der Waals surface area (Å²) in [5, 5.41) is 5.03. The predicted molar refractivity (Wildman–Crippen MR) is 75.0 cm³/mol. The molecule has 1 aromatic heterocycles. The van der Waals surface area contributed by atoms with Gasteiger partial charge in [-0.15, -0.1) is 11.3 Å². The van der Waals surface area contributed by atoms with E-state index < -0.39 is 0 Å². The molecular weight excluding hydrogens is 262 g/mol. The summed E-state index contributed by atoms with van der Waals surface area (Å²) in [4.78, 5) is 15.6. The van der Waals surface area contributed by atoms with Gasteiger partial charge in [0.15, 0.2) is 11.7 Å². The highest BCUT2D eigenvalue weighted by molar-refractivity contribution is 7.13. The third kappa shape index (κ3) is 4.26. The summed E-state index contributed by atoms with van der Waals surface area (Å²) in [7, 11) is 0. The third-order valence-corrected chi connectivity index (χ3v) is 3.15. The quantitative estimate of drug-likeness (QED) is 0.872. The topological polar surface area (TPSA) is 77.2 Å². The number of anilines is 1. The maximum Gasteiger partial charge on any atom is 0.258 e. The van der Waals surface area contributed by atoms with Crippen molar-refractivity contribution in [2.75, 3.05) is 12.3 Å². The summed E-state index contributed by atoms with van der Waals surface area (Å²) in [6.07, 6.45) is 0. The number of nitrogens with two attached hydrogens (primary N) is 1. The van der Waals surface area contributed by atoms with E-state index in [1.807, 2.05) is 36.6 Å². The second-order valence-electron chi connectivity index (χ2n) is 4.06. The van der Waals surface area contributed by atoms with Crippen LogP contribution in [0.3, 0.4) is 0 Å². The summed E-state index contributed by atoms with van der Waals surface area (Å²) in [6.45, 7) is 2.35. The van der Waals surface area contributed by atoms with Crippen LogP contribution in [0.2, 0.25) is 0 Å². The number of thiazole rings is 1. The molecule has 5 nitrogen and oxygen atoms in total. The zero-order valence-electron chi connectivity index (χ0n) is 10.6. The predicted octanol–water partition coefficient (Wildman–Crippen LogP) is 1.73. The fraction of sp³-hybridized carbons (Fsp3) is 0.231. The van der Waals surface area contributed by atoms with Crippen LogP contribution in [0.15, 0.2) is 29.6 Å². The van der Waals surface area contributed by atoms with E-state index in [1.165, 1.54) is 11.3 Å². The lowest BCUT2D eigenvalue weighted by molar-refractivity contribution is -0.123. The highest BCUT2D eigenvalue weighted by Gasteiger charge is 2.04. The van der Waals surface area contributed by atoms with Crippen LogP contribution in [-0.4, -0.2) is 17.5 Å². The average molecular weight is 277 g/mol. The van der Waals surface area contributed by atoms with E-state index in [9.17, 15) is 4.79 Å². The lowest BCUT2D eigenvalue weighted by Crippen LogP contribution is -2.28. The Bertz CT molecular complexity index is 551. The number of aryl methyl sites for hydroxylation is 1. The zero-order chi connectivity index (χ0) is 13.7. The van der Waals surface area contributed by atoms with Crippen molar-refractivity contribution < 1.29 is 9.53 Å². The second-order valence-corrected chi connectivity index (χ2v) is 4.95. The van der Waals surface area contributed by atoms with Gasteiger partial charge in [-0.1, -0.05) is 17.7 Å². The Morgan fingerprint density at radius 3 is 2.79 bits per heavy atom. The van der Waals surface area contributed by atoms with Crippen molar-refractivity contribution >= 4 is 22.4 Å². The van der Waals surface area contributed by atoms with Crippen LogP contribution >= 0.6 is 11.3 Å². The van der Waals surface area contributed by atoms with Crippen molar-refractivity contribution in [3.8, 4) is 5.75 Å². The average Bonchev–Trinajstić information content (AvgIpc) is 2.81. The first-order chi connectivity index (χ1) is 9.13. The van der Waals surface area contributed by atoms with E-state index >= 15 is 0 Å². The molecule has 19 heavy (non-hydrogen) atoms. The molecule has 0 fully saturated rings. The number of rotatable bonds is 5. The van der Waals surface area contributed by atoms with Crippen LogP contribution in [0.25, 0.3) is 0 Å². The third-order valence-electron chi connectivity index (χ3n) is 2.43. The molecule has 0 unspecified atom stereocenters. The van der Waals surface area contributed by atoms with Crippen LogP contribution in [0.4, 0.5) is 5.13 Å². The highest BCUT2D eigenvalue weighted by atomic mass is 32.1. The van der Waals surface area contributed by atoms with Gasteiger partial charge in [0.25, 0.3) is 5.91 Å². The molecule has 0 spiro atoms. The van der Waals surface area contributed by atoms with Gasteiger partial charge < -0.3 is 15.8 Å². The maximum absolute atomic E-state index is 11.6. The number of nitrogens with one attached hydrogen (secondary N) is 1. The first kappa shape index (κ1) is 13.4. The van der Waals surface area contributed by atoms with Crippen molar-refractivity contribution in [1.29, 1.82) is 0 Å². The number of benzene rings is 1. The Balaban J connectivity index is 1.74.